The van der Waals surface area contributed by atoms with Gasteiger partial charge in [0.1, 0.15) is 5.82 Å². The first-order valence-electron chi connectivity index (χ1n) is 3.80. The van der Waals surface area contributed by atoms with Crippen LogP contribution in [0.5, 0.6) is 0 Å². The maximum absolute atomic E-state index is 12.8. The normalized spacial score (nSPS) is 21.0. The van der Waals surface area contributed by atoms with Crippen molar-refractivity contribution in [3.05, 3.63) is 34.6 Å². The average molecular weight is 187 g/mol. The van der Waals surface area contributed by atoms with Crippen LogP contribution in [0.2, 0.25) is 5.02 Å². The van der Waals surface area contributed by atoms with Crippen LogP contribution >= 0.6 is 11.6 Å². The molecule has 0 spiro atoms. The monoisotopic (exact) mass is 186 g/mol. The Hall–Kier alpha value is -0.600. The topological polar surface area (TPSA) is 12.5 Å². The second kappa shape index (κ2) is 3.04. The lowest BCUT2D eigenvalue weighted by molar-refractivity contribution is 0.407. The first-order valence-corrected chi connectivity index (χ1v) is 4.18. The summed E-state index contributed by atoms with van der Waals surface area (Å²) in [7, 11) is 0. The van der Waals surface area contributed by atoms with E-state index < -0.39 is 0 Å². The van der Waals surface area contributed by atoms with E-state index in [1.807, 2.05) is 0 Å². The molecule has 1 atom stereocenters. The van der Waals surface area contributed by atoms with Gasteiger partial charge in [-0.1, -0.05) is 11.6 Å². The van der Waals surface area contributed by atoms with Gasteiger partial charge in [-0.3, -0.25) is 0 Å². The fraction of sp³-hybridized carbons (Fsp3) is 0.333. The molecule has 0 saturated carbocycles. The van der Waals surface area contributed by atoms with Gasteiger partial charge < -0.3 is 4.74 Å². The van der Waals surface area contributed by atoms with Crippen LogP contribution in [0, 0.1) is 5.82 Å². The van der Waals surface area contributed by atoms with Crippen molar-refractivity contribution in [1.82, 2.24) is 0 Å². The average Bonchev–Trinajstić information content (AvgIpc) is 2.68. The second-order valence-electron chi connectivity index (χ2n) is 2.94. The largest absolute Gasteiger partial charge is 0.373 e. The van der Waals surface area contributed by atoms with E-state index in [-0.39, 0.29) is 11.9 Å². The Bertz CT molecular complexity index is 276. The SMILES string of the molecule is Fc1cc(Cl)cc(CC2CO2)c1. The maximum atomic E-state index is 12.8. The lowest BCUT2D eigenvalue weighted by atomic mass is 10.1. The second-order valence-corrected chi connectivity index (χ2v) is 3.37. The Morgan fingerprint density at radius 1 is 1.50 bits per heavy atom. The Balaban J connectivity index is 2.18. The number of benzene rings is 1. The molecule has 1 aromatic rings. The summed E-state index contributed by atoms with van der Waals surface area (Å²) in [5.74, 6) is -0.279. The molecule has 1 aliphatic rings. The first-order chi connectivity index (χ1) is 5.74. The molecular formula is C9H8ClFO. The highest BCUT2D eigenvalue weighted by molar-refractivity contribution is 6.30. The van der Waals surface area contributed by atoms with Crippen LogP contribution in [0.3, 0.4) is 0 Å². The lowest BCUT2D eigenvalue weighted by Crippen LogP contribution is -1.93. The first kappa shape index (κ1) is 8.02. The third-order valence-corrected chi connectivity index (χ3v) is 2.01. The molecule has 0 aliphatic carbocycles. The van der Waals surface area contributed by atoms with Crippen LogP contribution in [-0.4, -0.2) is 12.7 Å². The highest BCUT2D eigenvalue weighted by atomic mass is 35.5. The van der Waals surface area contributed by atoms with E-state index >= 15 is 0 Å². The van der Waals surface area contributed by atoms with Crippen molar-refractivity contribution in [2.75, 3.05) is 6.61 Å². The molecule has 1 aliphatic heterocycles. The molecule has 1 heterocycles. The molecule has 3 heteroatoms. The third-order valence-electron chi connectivity index (χ3n) is 1.79. The van der Waals surface area contributed by atoms with Gasteiger partial charge in [-0.2, -0.15) is 0 Å². The molecule has 0 bridgehead atoms. The predicted molar refractivity (Wildman–Crippen MR) is 44.9 cm³/mol. The quantitative estimate of drug-likeness (QED) is 0.647. The Morgan fingerprint density at radius 2 is 2.25 bits per heavy atom. The summed E-state index contributed by atoms with van der Waals surface area (Å²) in [6, 6.07) is 4.57. The number of ether oxygens (including phenoxy) is 1. The summed E-state index contributed by atoms with van der Waals surface area (Å²) in [5, 5.41) is 0.450. The lowest BCUT2D eigenvalue weighted by Gasteiger charge is -1.98. The number of hydrogen-bond donors (Lipinski definition) is 0. The van der Waals surface area contributed by atoms with Crippen LogP contribution in [-0.2, 0) is 11.2 Å². The minimum Gasteiger partial charge on any atom is -0.373 e. The standard InChI is InChI=1S/C9H8ClFO/c10-7-1-6(2-8(11)4-7)3-9-5-12-9/h1-2,4,9H,3,5H2. The molecule has 0 aromatic heterocycles. The molecule has 1 unspecified atom stereocenters. The summed E-state index contributed by atoms with van der Waals surface area (Å²) >= 11 is 5.67. The van der Waals surface area contributed by atoms with E-state index in [0.29, 0.717) is 5.02 Å². The summed E-state index contributed by atoms with van der Waals surface area (Å²) in [4.78, 5) is 0. The van der Waals surface area contributed by atoms with Gasteiger partial charge in [-0.15, -0.1) is 0 Å². The molecule has 1 nitrogen and oxygen atoms in total. The van der Waals surface area contributed by atoms with Crippen LogP contribution in [0.4, 0.5) is 4.39 Å². The number of rotatable bonds is 2. The van der Waals surface area contributed by atoms with Crippen molar-refractivity contribution in [2.24, 2.45) is 0 Å². The summed E-state index contributed by atoms with van der Waals surface area (Å²) < 4.78 is 17.8. The molecule has 64 valence electrons. The fourth-order valence-corrected chi connectivity index (χ4v) is 1.42. The molecule has 0 radical (unpaired) electrons. The van der Waals surface area contributed by atoms with Crippen LogP contribution < -0.4 is 0 Å². The zero-order chi connectivity index (χ0) is 8.55. The van der Waals surface area contributed by atoms with Crippen molar-refractivity contribution >= 4 is 11.6 Å². The van der Waals surface area contributed by atoms with Crippen molar-refractivity contribution in [3.8, 4) is 0 Å². The van der Waals surface area contributed by atoms with Gasteiger partial charge in [0.25, 0.3) is 0 Å². The number of epoxide rings is 1. The van der Waals surface area contributed by atoms with E-state index in [0.717, 1.165) is 18.6 Å². The minimum absolute atomic E-state index is 0.279. The molecule has 2 rings (SSSR count). The molecule has 1 saturated heterocycles. The zero-order valence-corrected chi connectivity index (χ0v) is 7.14. The van der Waals surface area contributed by atoms with Crippen LogP contribution in [0.25, 0.3) is 0 Å². The van der Waals surface area contributed by atoms with Gasteiger partial charge in [0, 0.05) is 11.4 Å². The van der Waals surface area contributed by atoms with Gasteiger partial charge in [0.05, 0.1) is 12.7 Å². The van der Waals surface area contributed by atoms with Gasteiger partial charge in [0.15, 0.2) is 0 Å². The third kappa shape index (κ3) is 1.96. The van der Waals surface area contributed by atoms with E-state index in [1.165, 1.54) is 12.1 Å². The summed E-state index contributed by atoms with van der Waals surface area (Å²) in [6.07, 6.45) is 1.04. The number of halogens is 2. The molecular weight excluding hydrogens is 179 g/mol. The maximum Gasteiger partial charge on any atom is 0.124 e. The molecule has 1 fully saturated rings. The van der Waals surface area contributed by atoms with Crippen molar-refractivity contribution < 1.29 is 9.13 Å². The minimum atomic E-state index is -0.279. The Kier molecular flexibility index (Phi) is 2.03. The van der Waals surface area contributed by atoms with E-state index in [2.05, 4.69) is 0 Å². The van der Waals surface area contributed by atoms with Crippen molar-refractivity contribution in [2.45, 2.75) is 12.5 Å². The Labute approximate surface area is 75.1 Å². The highest BCUT2D eigenvalue weighted by Crippen LogP contribution is 2.20. The zero-order valence-electron chi connectivity index (χ0n) is 6.39. The number of hydrogen-bond acceptors (Lipinski definition) is 1. The predicted octanol–water partition coefficient (Wildman–Crippen LogP) is 2.42. The molecule has 0 N–H and O–H groups in total. The highest BCUT2D eigenvalue weighted by Gasteiger charge is 2.22. The van der Waals surface area contributed by atoms with Crippen LogP contribution in [0.1, 0.15) is 5.56 Å². The van der Waals surface area contributed by atoms with Crippen molar-refractivity contribution in [3.63, 3.8) is 0 Å². The van der Waals surface area contributed by atoms with E-state index in [9.17, 15) is 4.39 Å². The molecule has 0 amide bonds. The van der Waals surface area contributed by atoms with Gasteiger partial charge in [-0.25, -0.2) is 4.39 Å². The molecule has 12 heavy (non-hydrogen) atoms. The van der Waals surface area contributed by atoms with Crippen molar-refractivity contribution in [1.29, 1.82) is 0 Å². The summed E-state index contributed by atoms with van der Waals surface area (Å²) in [5.41, 5.74) is 0.905. The summed E-state index contributed by atoms with van der Waals surface area (Å²) in [6.45, 7) is 0.786. The molecule has 1 aromatic carbocycles. The van der Waals surface area contributed by atoms with Gasteiger partial charge in [0.2, 0.25) is 0 Å². The van der Waals surface area contributed by atoms with Gasteiger partial charge in [-0.05, 0) is 23.8 Å². The van der Waals surface area contributed by atoms with E-state index in [4.69, 9.17) is 16.3 Å². The van der Waals surface area contributed by atoms with Gasteiger partial charge >= 0.3 is 0 Å². The fourth-order valence-electron chi connectivity index (χ4n) is 1.18. The Morgan fingerprint density at radius 3 is 2.83 bits per heavy atom. The smallest absolute Gasteiger partial charge is 0.124 e. The van der Waals surface area contributed by atoms with E-state index in [1.54, 1.807) is 6.07 Å². The van der Waals surface area contributed by atoms with Crippen LogP contribution in [0.15, 0.2) is 18.2 Å².